The van der Waals surface area contributed by atoms with E-state index < -0.39 is 0 Å². The van der Waals surface area contributed by atoms with E-state index in [-0.39, 0.29) is 0 Å². The minimum atomic E-state index is 0.983. The predicted molar refractivity (Wildman–Crippen MR) is 91.6 cm³/mol. The predicted octanol–water partition coefficient (Wildman–Crippen LogP) is 5.78. The van der Waals surface area contributed by atoms with Gasteiger partial charge in [-0.15, -0.1) is 0 Å². The summed E-state index contributed by atoms with van der Waals surface area (Å²) in [6.45, 7) is 3.69. The number of hydrogen-bond donors (Lipinski definition) is 0. The lowest BCUT2D eigenvalue weighted by Crippen LogP contribution is -2.39. The van der Waals surface area contributed by atoms with E-state index in [1.54, 1.807) is 12.8 Å². The van der Waals surface area contributed by atoms with Crippen molar-refractivity contribution in [3.05, 3.63) is 0 Å². The van der Waals surface area contributed by atoms with Crippen molar-refractivity contribution in [1.29, 1.82) is 0 Å². The maximum absolute atomic E-state index is 2.88. The van der Waals surface area contributed by atoms with Crippen LogP contribution in [0, 0.1) is 11.8 Å². The summed E-state index contributed by atoms with van der Waals surface area (Å²) < 4.78 is 0. The molecule has 4 rings (SSSR count). The lowest BCUT2D eigenvalue weighted by molar-refractivity contribution is 0.147. The van der Waals surface area contributed by atoms with Crippen molar-refractivity contribution in [2.75, 3.05) is 6.54 Å². The lowest BCUT2D eigenvalue weighted by atomic mass is 9.73. The summed E-state index contributed by atoms with van der Waals surface area (Å²) in [5, 5.41) is 0. The average molecular weight is 292 g/mol. The Labute approximate surface area is 132 Å². The van der Waals surface area contributed by atoms with Crippen LogP contribution in [0.1, 0.15) is 96.8 Å². The van der Waals surface area contributed by atoms with Gasteiger partial charge in [0, 0.05) is 12.1 Å². The van der Waals surface area contributed by atoms with Crippen LogP contribution in [0.4, 0.5) is 0 Å². The van der Waals surface area contributed by atoms with Crippen LogP contribution < -0.4 is 0 Å². The lowest BCUT2D eigenvalue weighted by Gasteiger charge is -2.33. The second-order valence-electron chi connectivity index (χ2n) is 7.98. The number of fused-ring (bicyclic) bond motifs is 3. The average Bonchev–Trinajstić information content (AvgIpc) is 2.91. The summed E-state index contributed by atoms with van der Waals surface area (Å²) >= 11 is 0. The van der Waals surface area contributed by atoms with E-state index in [0.717, 1.165) is 23.9 Å². The Balaban J connectivity index is 0.000000186. The van der Waals surface area contributed by atoms with Gasteiger partial charge in [0.15, 0.2) is 0 Å². The number of nitrogens with zero attached hydrogens (tertiary/aromatic N) is 1. The minimum Gasteiger partial charge on any atom is -0.297 e. The summed E-state index contributed by atoms with van der Waals surface area (Å²) in [4.78, 5) is 2.88. The van der Waals surface area contributed by atoms with Crippen LogP contribution in [0.2, 0.25) is 0 Å². The fraction of sp³-hybridized carbons (Fsp3) is 1.00. The Kier molecular flexibility index (Phi) is 6.03. The quantitative estimate of drug-likeness (QED) is 0.592. The van der Waals surface area contributed by atoms with Gasteiger partial charge in [0.05, 0.1) is 0 Å². The molecule has 0 aromatic rings. The molecular weight excluding hydrogens is 254 g/mol. The zero-order valence-corrected chi connectivity index (χ0v) is 14.4. The van der Waals surface area contributed by atoms with Crippen LogP contribution in [-0.4, -0.2) is 23.5 Å². The highest BCUT2D eigenvalue weighted by atomic mass is 15.2. The molecule has 0 spiro atoms. The molecule has 1 nitrogen and oxygen atoms in total. The SMILES string of the molecule is C1CCCCC1.CCN1C2CCCCC2C2CCCCC21. The van der Waals surface area contributed by atoms with Crippen molar-refractivity contribution in [3.8, 4) is 0 Å². The smallest absolute Gasteiger partial charge is 0.0130 e. The van der Waals surface area contributed by atoms with E-state index in [2.05, 4.69) is 11.8 Å². The second kappa shape index (κ2) is 7.99. The molecule has 21 heavy (non-hydrogen) atoms. The van der Waals surface area contributed by atoms with E-state index in [9.17, 15) is 0 Å². The molecule has 3 aliphatic carbocycles. The third-order valence-electron chi connectivity index (χ3n) is 6.83. The maximum atomic E-state index is 2.88. The molecular formula is C20H37N. The third-order valence-corrected chi connectivity index (χ3v) is 6.83. The Morgan fingerprint density at radius 2 is 0.952 bits per heavy atom. The molecule has 4 aliphatic rings. The van der Waals surface area contributed by atoms with Crippen molar-refractivity contribution >= 4 is 0 Å². The molecule has 1 saturated heterocycles. The number of rotatable bonds is 1. The first kappa shape index (κ1) is 15.8. The van der Waals surface area contributed by atoms with Crippen molar-refractivity contribution in [1.82, 2.24) is 4.90 Å². The van der Waals surface area contributed by atoms with Gasteiger partial charge in [-0.3, -0.25) is 4.90 Å². The van der Waals surface area contributed by atoms with Crippen LogP contribution in [-0.2, 0) is 0 Å². The summed E-state index contributed by atoms with van der Waals surface area (Å²) in [6, 6.07) is 1.97. The van der Waals surface area contributed by atoms with Crippen molar-refractivity contribution < 1.29 is 0 Å². The standard InChI is InChI=1S/C14H25N.C6H12/c1-2-15-13-9-5-3-7-11(13)12-8-4-6-10-14(12)15;1-2-4-6-5-3-1/h11-14H,2-10H2,1H3;1-6H2. The molecule has 4 fully saturated rings. The summed E-state index contributed by atoms with van der Waals surface area (Å²) in [7, 11) is 0. The van der Waals surface area contributed by atoms with Gasteiger partial charge in [0.2, 0.25) is 0 Å². The third kappa shape index (κ3) is 3.66. The number of likely N-dealkylation sites (tertiary alicyclic amines) is 1. The molecule has 0 aromatic heterocycles. The molecule has 1 heterocycles. The second-order valence-corrected chi connectivity index (χ2v) is 7.98. The van der Waals surface area contributed by atoms with E-state index in [1.165, 1.54) is 83.6 Å². The monoisotopic (exact) mass is 291 g/mol. The Bertz CT molecular complexity index is 231. The normalized spacial score (nSPS) is 39.9. The van der Waals surface area contributed by atoms with Gasteiger partial charge in [-0.1, -0.05) is 71.1 Å². The van der Waals surface area contributed by atoms with Gasteiger partial charge in [0.25, 0.3) is 0 Å². The highest BCUT2D eigenvalue weighted by Gasteiger charge is 2.48. The van der Waals surface area contributed by atoms with Crippen molar-refractivity contribution in [2.24, 2.45) is 11.8 Å². The van der Waals surface area contributed by atoms with Gasteiger partial charge in [-0.05, 0) is 44.1 Å². The zero-order chi connectivity index (χ0) is 14.5. The zero-order valence-electron chi connectivity index (χ0n) is 14.4. The van der Waals surface area contributed by atoms with Crippen LogP contribution >= 0.6 is 0 Å². The maximum Gasteiger partial charge on any atom is 0.0130 e. The molecule has 1 aliphatic heterocycles. The fourth-order valence-corrected chi connectivity index (χ4v) is 5.88. The summed E-state index contributed by atoms with van der Waals surface area (Å²) in [6.07, 6.45) is 21.1. The molecule has 122 valence electrons. The fourth-order valence-electron chi connectivity index (χ4n) is 5.88. The highest BCUT2D eigenvalue weighted by Crippen LogP contribution is 2.48. The molecule has 0 radical (unpaired) electrons. The first-order valence-corrected chi connectivity index (χ1v) is 10.2. The van der Waals surface area contributed by atoms with E-state index in [0.29, 0.717) is 0 Å². The van der Waals surface area contributed by atoms with Crippen LogP contribution in [0.5, 0.6) is 0 Å². The molecule has 4 atom stereocenters. The Hall–Kier alpha value is -0.0400. The first-order chi connectivity index (χ1) is 10.4. The Morgan fingerprint density at radius 3 is 1.33 bits per heavy atom. The van der Waals surface area contributed by atoms with Crippen LogP contribution in [0.25, 0.3) is 0 Å². The van der Waals surface area contributed by atoms with Gasteiger partial charge in [-0.2, -0.15) is 0 Å². The van der Waals surface area contributed by atoms with Gasteiger partial charge in [-0.25, -0.2) is 0 Å². The molecule has 0 bridgehead atoms. The minimum absolute atomic E-state index is 0.983. The van der Waals surface area contributed by atoms with Crippen LogP contribution in [0.3, 0.4) is 0 Å². The van der Waals surface area contributed by atoms with Crippen molar-refractivity contribution in [2.45, 2.75) is 109 Å². The first-order valence-electron chi connectivity index (χ1n) is 10.2. The highest BCUT2D eigenvalue weighted by molar-refractivity contribution is 5.02. The van der Waals surface area contributed by atoms with Crippen LogP contribution in [0.15, 0.2) is 0 Å². The number of hydrogen-bond acceptors (Lipinski definition) is 1. The van der Waals surface area contributed by atoms with Crippen molar-refractivity contribution in [3.63, 3.8) is 0 Å². The topological polar surface area (TPSA) is 3.24 Å². The van der Waals surface area contributed by atoms with E-state index >= 15 is 0 Å². The van der Waals surface area contributed by atoms with Gasteiger partial charge >= 0.3 is 0 Å². The van der Waals surface area contributed by atoms with E-state index in [4.69, 9.17) is 0 Å². The Morgan fingerprint density at radius 1 is 0.571 bits per heavy atom. The van der Waals surface area contributed by atoms with E-state index in [1.807, 2.05) is 0 Å². The summed E-state index contributed by atoms with van der Waals surface area (Å²) in [5.74, 6) is 2.17. The van der Waals surface area contributed by atoms with Gasteiger partial charge in [0.1, 0.15) is 0 Å². The molecule has 0 aromatic carbocycles. The molecule has 0 N–H and O–H groups in total. The largest absolute Gasteiger partial charge is 0.297 e. The molecule has 0 amide bonds. The van der Waals surface area contributed by atoms with Gasteiger partial charge < -0.3 is 0 Å². The molecule has 4 unspecified atom stereocenters. The summed E-state index contributed by atoms with van der Waals surface area (Å²) in [5.41, 5.74) is 0. The molecule has 3 saturated carbocycles. The molecule has 1 heteroatoms.